The quantitative estimate of drug-likeness (QED) is 0.928. The van der Waals surface area contributed by atoms with E-state index in [9.17, 15) is 0 Å². The van der Waals surface area contributed by atoms with Crippen LogP contribution in [-0.2, 0) is 0 Å². The lowest BCUT2D eigenvalue weighted by atomic mass is 9.85. The topological polar surface area (TPSA) is 38.5 Å². The van der Waals surface area contributed by atoms with Gasteiger partial charge in [0.15, 0.2) is 0 Å². The number of nitrogens with zero attached hydrogens (tertiary/aromatic N) is 1. The summed E-state index contributed by atoms with van der Waals surface area (Å²) in [5.74, 6) is 1.50. The Morgan fingerprint density at radius 2 is 1.76 bits per heavy atom. The van der Waals surface area contributed by atoms with E-state index in [4.69, 9.17) is 10.5 Å². The molecular weight excluding hydrogens is 260 g/mol. The van der Waals surface area contributed by atoms with Gasteiger partial charge in [-0.05, 0) is 42.9 Å². The molecule has 1 aliphatic carbocycles. The monoisotopic (exact) mass is 288 g/mol. The zero-order valence-corrected chi connectivity index (χ0v) is 13.1. The normalized spacial score (nSPS) is 28.5. The maximum absolute atomic E-state index is 6.35. The van der Waals surface area contributed by atoms with E-state index in [-0.39, 0.29) is 0 Å². The summed E-state index contributed by atoms with van der Waals surface area (Å²) < 4.78 is 5.26. The largest absolute Gasteiger partial charge is 0.497 e. The lowest BCUT2D eigenvalue weighted by Gasteiger charge is -2.42. The molecule has 1 saturated heterocycles. The van der Waals surface area contributed by atoms with Crippen molar-refractivity contribution in [3.8, 4) is 5.75 Å². The fourth-order valence-electron chi connectivity index (χ4n) is 4.04. The van der Waals surface area contributed by atoms with Crippen LogP contribution < -0.4 is 10.5 Å². The third kappa shape index (κ3) is 3.58. The number of hydrogen-bond donors (Lipinski definition) is 1. The molecule has 2 unspecified atom stereocenters. The molecule has 0 spiro atoms. The Morgan fingerprint density at radius 3 is 2.43 bits per heavy atom. The Balaban J connectivity index is 1.69. The molecule has 116 valence electrons. The molecule has 3 nitrogen and oxygen atoms in total. The van der Waals surface area contributed by atoms with Crippen molar-refractivity contribution in [1.29, 1.82) is 0 Å². The van der Waals surface area contributed by atoms with Crippen molar-refractivity contribution in [3.05, 3.63) is 29.8 Å². The van der Waals surface area contributed by atoms with E-state index in [0.717, 1.165) is 24.8 Å². The number of ether oxygens (including phenoxy) is 1. The van der Waals surface area contributed by atoms with E-state index < -0.39 is 0 Å². The second kappa shape index (κ2) is 6.80. The van der Waals surface area contributed by atoms with Crippen molar-refractivity contribution in [2.24, 2.45) is 5.73 Å². The van der Waals surface area contributed by atoms with Crippen molar-refractivity contribution in [3.63, 3.8) is 0 Å². The Hall–Kier alpha value is -1.06. The molecule has 1 aromatic carbocycles. The first-order chi connectivity index (χ1) is 10.3. The minimum atomic E-state index is 0.313. The summed E-state index contributed by atoms with van der Waals surface area (Å²) in [7, 11) is 1.72. The van der Waals surface area contributed by atoms with Crippen LogP contribution in [0.15, 0.2) is 24.3 Å². The van der Waals surface area contributed by atoms with Gasteiger partial charge in [0.1, 0.15) is 5.75 Å². The van der Waals surface area contributed by atoms with Crippen molar-refractivity contribution < 1.29 is 4.74 Å². The van der Waals surface area contributed by atoms with Crippen molar-refractivity contribution in [1.82, 2.24) is 4.90 Å². The number of piperidine rings is 1. The standard InChI is InChI=1S/C18H28N2O/c1-21-18-9-7-14(8-10-18)15-11-16(19)13-20(12-15)17-5-3-2-4-6-17/h7-10,15-17H,2-6,11-13,19H2,1H3. The highest BCUT2D eigenvalue weighted by molar-refractivity contribution is 5.30. The van der Waals surface area contributed by atoms with Crippen LogP contribution in [0.3, 0.4) is 0 Å². The average molecular weight is 288 g/mol. The lowest BCUT2D eigenvalue weighted by molar-refractivity contribution is 0.107. The van der Waals surface area contributed by atoms with Crippen LogP contribution >= 0.6 is 0 Å². The molecule has 0 aromatic heterocycles. The van der Waals surface area contributed by atoms with Gasteiger partial charge in [-0.1, -0.05) is 31.4 Å². The second-order valence-corrected chi connectivity index (χ2v) is 6.71. The van der Waals surface area contributed by atoms with Crippen LogP contribution in [-0.4, -0.2) is 37.2 Å². The van der Waals surface area contributed by atoms with Crippen LogP contribution in [0.1, 0.15) is 50.0 Å². The van der Waals surface area contributed by atoms with Gasteiger partial charge in [0, 0.05) is 25.2 Å². The van der Waals surface area contributed by atoms with Crippen molar-refractivity contribution >= 4 is 0 Å². The maximum Gasteiger partial charge on any atom is 0.118 e. The summed E-state index contributed by atoms with van der Waals surface area (Å²) in [6.07, 6.45) is 8.03. The van der Waals surface area contributed by atoms with E-state index in [1.807, 2.05) is 0 Å². The number of rotatable bonds is 3. The Morgan fingerprint density at radius 1 is 1.05 bits per heavy atom. The van der Waals surface area contributed by atoms with Gasteiger partial charge < -0.3 is 10.5 Å². The maximum atomic E-state index is 6.35. The fraction of sp³-hybridized carbons (Fsp3) is 0.667. The highest BCUT2D eigenvalue weighted by Gasteiger charge is 2.31. The van der Waals surface area contributed by atoms with E-state index >= 15 is 0 Å². The van der Waals surface area contributed by atoms with Crippen molar-refractivity contribution in [2.45, 2.75) is 56.5 Å². The molecular formula is C18H28N2O. The number of nitrogens with two attached hydrogens (primary N) is 1. The molecule has 21 heavy (non-hydrogen) atoms. The first-order valence-electron chi connectivity index (χ1n) is 8.40. The molecule has 1 aliphatic heterocycles. The van der Waals surface area contributed by atoms with Gasteiger partial charge in [-0.3, -0.25) is 4.90 Å². The molecule has 1 heterocycles. The highest BCUT2D eigenvalue weighted by Crippen LogP contribution is 2.32. The van der Waals surface area contributed by atoms with Gasteiger partial charge in [-0.15, -0.1) is 0 Å². The first kappa shape index (κ1) is 14.9. The molecule has 0 radical (unpaired) electrons. The molecule has 2 aliphatic rings. The molecule has 1 saturated carbocycles. The summed E-state index contributed by atoms with van der Waals surface area (Å²) >= 11 is 0. The lowest BCUT2D eigenvalue weighted by Crippen LogP contribution is -2.50. The van der Waals surface area contributed by atoms with E-state index in [2.05, 4.69) is 29.2 Å². The Labute approximate surface area is 128 Å². The highest BCUT2D eigenvalue weighted by atomic mass is 16.5. The van der Waals surface area contributed by atoms with Crippen LogP contribution in [0, 0.1) is 0 Å². The molecule has 1 aromatic rings. The van der Waals surface area contributed by atoms with Crippen LogP contribution in [0.4, 0.5) is 0 Å². The van der Waals surface area contributed by atoms with Crippen LogP contribution in [0.5, 0.6) is 5.75 Å². The van der Waals surface area contributed by atoms with Crippen molar-refractivity contribution in [2.75, 3.05) is 20.2 Å². The van der Waals surface area contributed by atoms with Gasteiger partial charge in [0.05, 0.1) is 7.11 Å². The predicted molar refractivity (Wildman–Crippen MR) is 86.8 cm³/mol. The summed E-state index contributed by atoms with van der Waals surface area (Å²) in [4.78, 5) is 2.67. The first-order valence-corrected chi connectivity index (χ1v) is 8.40. The third-order valence-electron chi connectivity index (χ3n) is 5.19. The minimum absolute atomic E-state index is 0.313. The Kier molecular flexibility index (Phi) is 4.81. The molecule has 2 atom stereocenters. The van der Waals surface area contributed by atoms with E-state index in [1.165, 1.54) is 44.2 Å². The molecule has 3 heteroatoms. The summed E-state index contributed by atoms with van der Waals surface area (Å²) in [5.41, 5.74) is 7.76. The molecule has 2 fully saturated rings. The molecule has 0 amide bonds. The zero-order valence-electron chi connectivity index (χ0n) is 13.1. The van der Waals surface area contributed by atoms with E-state index in [1.54, 1.807) is 7.11 Å². The molecule has 3 rings (SSSR count). The van der Waals surface area contributed by atoms with Crippen LogP contribution in [0.25, 0.3) is 0 Å². The SMILES string of the molecule is COc1ccc(C2CC(N)CN(C3CCCCC3)C2)cc1. The summed E-state index contributed by atoms with van der Waals surface area (Å²) in [6, 6.07) is 9.64. The van der Waals surface area contributed by atoms with E-state index in [0.29, 0.717) is 12.0 Å². The van der Waals surface area contributed by atoms with Gasteiger partial charge in [0.25, 0.3) is 0 Å². The smallest absolute Gasteiger partial charge is 0.118 e. The molecule has 2 N–H and O–H groups in total. The fourth-order valence-corrected chi connectivity index (χ4v) is 4.04. The minimum Gasteiger partial charge on any atom is -0.497 e. The van der Waals surface area contributed by atoms with Gasteiger partial charge in [-0.2, -0.15) is 0 Å². The third-order valence-corrected chi connectivity index (χ3v) is 5.19. The Bertz CT molecular complexity index is 439. The number of methoxy groups -OCH3 is 1. The molecule has 0 bridgehead atoms. The number of likely N-dealkylation sites (tertiary alicyclic amines) is 1. The second-order valence-electron chi connectivity index (χ2n) is 6.71. The summed E-state index contributed by atoms with van der Waals surface area (Å²) in [6.45, 7) is 2.25. The predicted octanol–water partition coefficient (Wildman–Crippen LogP) is 3.14. The number of benzene rings is 1. The summed E-state index contributed by atoms with van der Waals surface area (Å²) in [5, 5.41) is 0. The van der Waals surface area contributed by atoms with Gasteiger partial charge in [0.2, 0.25) is 0 Å². The van der Waals surface area contributed by atoms with Gasteiger partial charge >= 0.3 is 0 Å². The average Bonchev–Trinajstić information content (AvgIpc) is 2.55. The van der Waals surface area contributed by atoms with Gasteiger partial charge in [-0.25, -0.2) is 0 Å². The number of hydrogen-bond acceptors (Lipinski definition) is 3. The van der Waals surface area contributed by atoms with Crippen LogP contribution in [0.2, 0.25) is 0 Å². The zero-order chi connectivity index (χ0) is 14.7.